The molecule has 0 saturated carbocycles. The number of rotatable bonds is 6. The number of benzene rings is 3. The molecule has 4 rings (SSSR count). The van der Waals surface area contributed by atoms with E-state index in [1.807, 2.05) is 73.7 Å². The smallest absolute Gasteiger partial charge is 0.238 e. The maximum Gasteiger partial charge on any atom is 0.238 e. The van der Waals surface area contributed by atoms with Gasteiger partial charge in [-0.3, -0.25) is 14.5 Å². The van der Waals surface area contributed by atoms with Crippen molar-refractivity contribution in [2.75, 3.05) is 11.9 Å². The third kappa shape index (κ3) is 6.03. The molecule has 7 heteroatoms. The van der Waals surface area contributed by atoms with Crippen molar-refractivity contribution in [2.24, 2.45) is 4.99 Å². The van der Waals surface area contributed by atoms with Crippen molar-refractivity contribution in [1.82, 2.24) is 4.90 Å². The Morgan fingerprint density at radius 2 is 1.79 bits per heavy atom. The number of nitrogens with one attached hydrogen (secondary N) is 1. The van der Waals surface area contributed by atoms with E-state index in [4.69, 9.17) is 16.6 Å². The lowest BCUT2D eigenvalue weighted by atomic mass is 10.1. The van der Waals surface area contributed by atoms with Gasteiger partial charge in [-0.05, 0) is 48.7 Å². The van der Waals surface area contributed by atoms with Gasteiger partial charge in [0.2, 0.25) is 11.8 Å². The second-order valence-electron chi connectivity index (χ2n) is 7.77. The maximum atomic E-state index is 13.1. The Balaban J connectivity index is 1.53. The van der Waals surface area contributed by atoms with Crippen molar-refractivity contribution in [3.8, 4) is 0 Å². The standard InChI is InChI=1S/C26H24ClN3O2S/c1-18-12-13-21(16-22(18)27)28-25(32)23-17-24(31)30(15-14-19-8-4-2-5-9-19)26(33-23)29-20-10-6-3-7-11-20/h2-13,16,23H,14-15,17H2,1H3,(H,28,32). The predicted octanol–water partition coefficient (Wildman–Crippen LogP) is 5.85. The highest BCUT2D eigenvalue weighted by atomic mass is 35.5. The highest BCUT2D eigenvalue weighted by Gasteiger charge is 2.35. The van der Waals surface area contributed by atoms with Crippen LogP contribution in [0, 0.1) is 6.92 Å². The van der Waals surface area contributed by atoms with E-state index in [9.17, 15) is 9.59 Å². The third-order valence-electron chi connectivity index (χ3n) is 5.32. The van der Waals surface area contributed by atoms with Crippen molar-refractivity contribution < 1.29 is 9.59 Å². The Morgan fingerprint density at radius 1 is 1.09 bits per heavy atom. The summed E-state index contributed by atoms with van der Waals surface area (Å²) >= 11 is 7.51. The molecule has 0 spiro atoms. The van der Waals surface area contributed by atoms with Gasteiger partial charge in [0.05, 0.1) is 5.69 Å². The van der Waals surface area contributed by atoms with Gasteiger partial charge >= 0.3 is 0 Å². The average molecular weight is 478 g/mol. The summed E-state index contributed by atoms with van der Waals surface area (Å²) in [5.74, 6) is -0.349. The van der Waals surface area contributed by atoms with Crippen LogP contribution < -0.4 is 5.32 Å². The zero-order valence-electron chi connectivity index (χ0n) is 18.2. The second kappa shape index (κ2) is 10.7. The summed E-state index contributed by atoms with van der Waals surface area (Å²) in [5.41, 5.74) is 3.43. The van der Waals surface area contributed by atoms with E-state index in [0.29, 0.717) is 28.8 Å². The number of carbonyl (C=O) groups is 2. The van der Waals surface area contributed by atoms with Gasteiger partial charge in [0, 0.05) is 23.7 Å². The zero-order chi connectivity index (χ0) is 23.2. The minimum atomic E-state index is -0.576. The number of para-hydroxylation sites is 1. The van der Waals surface area contributed by atoms with Gasteiger partial charge in [-0.1, -0.05) is 78.0 Å². The normalized spacial score (nSPS) is 17.3. The van der Waals surface area contributed by atoms with Crippen LogP contribution in [0.3, 0.4) is 0 Å². The summed E-state index contributed by atoms with van der Waals surface area (Å²) in [4.78, 5) is 32.5. The van der Waals surface area contributed by atoms with Crippen molar-refractivity contribution >= 4 is 51.7 Å². The van der Waals surface area contributed by atoms with Gasteiger partial charge in [0.1, 0.15) is 5.25 Å². The molecule has 168 valence electrons. The summed E-state index contributed by atoms with van der Waals surface area (Å²) in [5, 5.41) is 3.43. The lowest BCUT2D eigenvalue weighted by Gasteiger charge is -2.32. The van der Waals surface area contributed by atoms with E-state index in [1.54, 1.807) is 17.0 Å². The van der Waals surface area contributed by atoms with E-state index in [2.05, 4.69) is 5.32 Å². The number of carbonyl (C=O) groups excluding carboxylic acids is 2. The fraction of sp³-hybridized carbons (Fsp3) is 0.192. The minimum Gasteiger partial charge on any atom is -0.325 e. The molecule has 1 saturated heterocycles. The van der Waals surface area contributed by atoms with Gasteiger partial charge in [0.25, 0.3) is 0 Å². The Labute approximate surface area is 202 Å². The number of amidine groups is 1. The molecule has 5 nitrogen and oxygen atoms in total. The van der Waals surface area contributed by atoms with Gasteiger partial charge in [-0.15, -0.1) is 0 Å². The van der Waals surface area contributed by atoms with Gasteiger partial charge in [-0.2, -0.15) is 0 Å². The fourth-order valence-electron chi connectivity index (χ4n) is 3.45. The van der Waals surface area contributed by atoms with Crippen LogP contribution in [0.4, 0.5) is 11.4 Å². The average Bonchev–Trinajstić information content (AvgIpc) is 2.82. The highest BCUT2D eigenvalue weighted by Crippen LogP contribution is 2.30. The van der Waals surface area contributed by atoms with E-state index in [0.717, 1.165) is 16.8 Å². The summed E-state index contributed by atoms with van der Waals surface area (Å²) < 4.78 is 0. The monoisotopic (exact) mass is 477 g/mol. The lowest BCUT2D eigenvalue weighted by Crippen LogP contribution is -2.46. The van der Waals surface area contributed by atoms with E-state index in [-0.39, 0.29) is 18.2 Å². The van der Waals surface area contributed by atoms with Gasteiger partial charge in [-0.25, -0.2) is 4.99 Å². The molecule has 1 atom stereocenters. The van der Waals surface area contributed by atoms with Crippen LogP contribution in [0.5, 0.6) is 0 Å². The van der Waals surface area contributed by atoms with Crippen molar-refractivity contribution in [3.63, 3.8) is 0 Å². The predicted molar refractivity (Wildman–Crippen MR) is 136 cm³/mol. The number of thioether (sulfide) groups is 1. The molecule has 0 aromatic heterocycles. The third-order valence-corrected chi connectivity index (χ3v) is 6.91. The number of aryl methyl sites for hydroxylation is 1. The van der Waals surface area contributed by atoms with Crippen LogP contribution in [0.25, 0.3) is 0 Å². The summed E-state index contributed by atoms with van der Waals surface area (Å²) in [6, 6.07) is 24.9. The lowest BCUT2D eigenvalue weighted by molar-refractivity contribution is -0.129. The van der Waals surface area contributed by atoms with Crippen LogP contribution >= 0.6 is 23.4 Å². The Bertz CT molecular complexity index is 1170. The fourth-order valence-corrected chi connectivity index (χ4v) is 4.76. The zero-order valence-corrected chi connectivity index (χ0v) is 19.8. The van der Waals surface area contributed by atoms with Crippen LogP contribution in [0.15, 0.2) is 83.9 Å². The summed E-state index contributed by atoms with van der Waals surface area (Å²) in [7, 11) is 0. The molecule has 0 bridgehead atoms. The number of halogens is 1. The number of amides is 2. The second-order valence-corrected chi connectivity index (χ2v) is 9.35. The highest BCUT2D eigenvalue weighted by molar-refractivity contribution is 8.15. The summed E-state index contributed by atoms with van der Waals surface area (Å²) in [6.45, 7) is 2.41. The molecule has 1 fully saturated rings. The first-order valence-electron chi connectivity index (χ1n) is 10.7. The van der Waals surface area contributed by atoms with E-state index >= 15 is 0 Å². The van der Waals surface area contributed by atoms with E-state index < -0.39 is 5.25 Å². The minimum absolute atomic E-state index is 0.110. The largest absolute Gasteiger partial charge is 0.325 e. The maximum absolute atomic E-state index is 13.1. The Morgan fingerprint density at radius 3 is 2.48 bits per heavy atom. The molecule has 3 aromatic rings. The molecule has 0 aliphatic carbocycles. The molecule has 1 aliphatic rings. The first kappa shape index (κ1) is 23.1. The van der Waals surface area contributed by atoms with E-state index in [1.165, 1.54) is 11.8 Å². The molecule has 0 radical (unpaired) electrons. The molecule has 33 heavy (non-hydrogen) atoms. The summed E-state index contributed by atoms with van der Waals surface area (Å²) in [6.07, 6.45) is 0.818. The Kier molecular flexibility index (Phi) is 7.47. The molecular formula is C26H24ClN3O2S. The number of hydrogen-bond acceptors (Lipinski definition) is 4. The number of anilines is 1. The molecule has 1 unspecified atom stereocenters. The van der Waals surface area contributed by atoms with Crippen molar-refractivity contribution in [1.29, 1.82) is 0 Å². The molecular weight excluding hydrogens is 454 g/mol. The Hall–Kier alpha value is -3.09. The quantitative estimate of drug-likeness (QED) is 0.484. The van der Waals surface area contributed by atoms with Crippen LogP contribution in [0.2, 0.25) is 5.02 Å². The number of aliphatic imine (C=N–C) groups is 1. The molecule has 1 heterocycles. The molecule has 1 N–H and O–H groups in total. The number of hydrogen-bond donors (Lipinski definition) is 1. The first-order chi connectivity index (χ1) is 16.0. The van der Waals surface area contributed by atoms with Crippen LogP contribution in [0.1, 0.15) is 17.5 Å². The van der Waals surface area contributed by atoms with Crippen LogP contribution in [-0.4, -0.2) is 33.7 Å². The van der Waals surface area contributed by atoms with Crippen molar-refractivity contribution in [2.45, 2.75) is 25.0 Å². The van der Waals surface area contributed by atoms with Crippen molar-refractivity contribution in [3.05, 3.63) is 95.0 Å². The molecule has 3 aromatic carbocycles. The van der Waals surface area contributed by atoms with Gasteiger partial charge in [0.15, 0.2) is 5.17 Å². The topological polar surface area (TPSA) is 61.8 Å². The molecule has 2 amide bonds. The SMILES string of the molecule is Cc1ccc(NC(=O)C2CC(=O)N(CCc3ccccc3)C(=Nc3ccccc3)S2)cc1Cl. The first-order valence-corrected chi connectivity index (χ1v) is 12.0. The number of nitrogens with zero attached hydrogens (tertiary/aromatic N) is 2. The van der Waals surface area contributed by atoms with Crippen LogP contribution in [-0.2, 0) is 16.0 Å². The molecule has 1 aliphatic heterocycles. The van der Waals surface area contributed by atoms with Gasteiger partial charge < -0.3 is 5.32 Å².